The lowest BCUT2D eigenvalue weighted by molar-refractivity contribution is 0.0680. The Morgan fingerprint density at radius 3 is 1.89 bits per heavy atom. The van der Waals surface area contributed by atoms with Gasteiger partial charge in [0.05, 0.1) is 43.6 Å². The Morgan fingerprint density at radius 1 is 0.722 bits per heavy atom. The van der Waals surface area contributed by atoms with Gasteiger partial charge in [-0.15, -0.1) is 0 Å². The van der Waals surface area contributed by atoms with Crippen molar-refractivity contribution in [2.45, 2.75) is 14.8 Å². The minimum absolute atomic E-state index is 0.00970. The topological polar surface area (TPSA) is 222 Å². The van der Waals surface area contributed by atoms with Crippen LogP contribution >= 0.6 is 35.3 Å². The van der Waals surface area contributed by atoms with Crippen LogP contribution in [0.3, 0.4) is 0 Å². The molecule has 0 saturated carbocycles. The van der Waals surface area contributed by atoms with Crippen molar-refractivity contribution in [3.8, 4) is 39.0 Å². The standard InChI is InChI=1S/C21H8N6O6S3/c22-6-34-16-14(21(32)33)17(35-7-23)18(36-8-24)27-15(16)13-5-10(20(30)31)4-12(26-13)11-3-9(19(28)29)1-2-25-11/h1-5H,(H,28,29)(H,30,31)(H,32,33). The Balaban J connectivity index is 2.43. The van der Waals surface area contributed by atoms with E-state index in [9.17, 15) is 40.2 Å². The van der Waals surface area contributed by atoms with E-state index in [1.54, 1.807) is 16.2 Å². The Morgan fingerprint density at radius 2 is 1.31 bits per heavy atom. The van der Waals surface area contributed by atoms with Gasteiger partial charge in [0, 0.05) is 18.0 Å². The van der Waals surface area contributed by atoms with Crippen molar-refractivity contribution in [1.82, 2.24) is 15.0 Å². The van der Waals surface area contributed by atoms with Gasteiger partial charge in [0.15, 0.2) is 0 Å². The molecule has 0 aliphatic heterocycles. The summed E-state index contributed by atoms with van der Waals surface area (Å²) in [5.74, 6) is -4.15. The Bertz CT molecular complexity index is 1560. The van der Waals surface area contributed by atoms with Gasteiger partial charge in [0.1, 0.15) is 26.9 Å². The predicted octanol–water partition coefficient (Wildman–Crippen LogP) is 4.02. The van der Waals surface area contributed by atoms with E-state index in [1.165, 1.54) is 18.3 Å². The molecule has 0 aromatic carbocycles. The molecule has 36 heavy (non-hydrogen) atoms. The van der Waals surface area contributed by atoms with Crippen molar-refractivity contribution in [2.24, 2.45) is 0 Å². The van der Waals surface area contributed by atoms with Gasteiger partial charge in [-0.2, -0.15) is 15.8 Å². The van der Waals surface area contributed by atoms with Crippen molar-refractivity contribution < 1.29 is 29.7 Å². The first kappa shape index (κ1) is 26.0. The van der Waals surface area contributed by atoms with Crippen LogP contribution in [-0.4, -0.2) is 48.2 Å². The molecule has 12 nitrogen and oxygen atoms in total. The number of aromatic nitrogens is 3. The van der Waals surface area contributed by atoms with E-state index in [2.05, 4.69) is 15.0 Å². The molecule has 0 amide bonds. The molecule has 3 aromatic heterocycles. The van der Waals surface area contributed by atoms with Crippen LogP contribution < -0.4 is 0 Å². The van der Waals surface area contributed by atoms with E-state index in [1.807, 2.05) is 0 Å². The van der Waals surface area contributed by atoms with Crippen molar-refractivity contribution >= 4 is 53.2 Å². The second-order valence-electron chi connectivity index (χ2n) is 6.35. The molecule has 0 atom stereocenters. The molecule has 0 aliphatic rings. The highest BCUT2D eigenvalue weighted by molar-refractivity contribution is 8.06. The van der Waals surface area contributed by atoms with Crippen LogP contribution in [-0.2, 0) is 0 Å². The normalized spacial score (nSPS) is 10.0. The van der Waals surface area contributed by atoms with Crippen LogP contribution in [0, 0.1) is 32.0 Å². The molecule has 0 saturated heterocycles. The van der Waals surface area contributed by atoms with Crippen LogP contribution in [0.2, 0.25) is 0 Å². The maximum atomic E-state index is 12.2. The lowest BCUT2D eigenvalue weighted by Crippen LogP contribution is -2.08. The molecular formula is C21H8N6O6S3. The van der Waals surface area contributed by atoms with E-state index in [0.717, 1.165) is 12.1 Å². The van der Waals surface area contributed by atoms with Crippen LogP contribution in [0.1, 0.15) is 31.1 Å². The van der Waals surface area contributed by atoms with E-state index >= 15 is 0 Å². The van der Waals surface area contributed by atoms with Crippen LogP contribution in [0.15, 0.2) is 45.3 Å². The van der Waals surface area contributed by atoms with Gasteiger partial charge in [-0.05, 0) is 47.8 Å². The number of nitriles is 3. The average molecular weight is 537 g/mol. The summed E-state index contributed by atoms with van der Waals surface area (Å²) in [6, 6.07) is 4.62. The third-order valence-electron chi connectivity index (χ3n) is 4.31. The van der Waals surface area contributed by atoms with Gasteiger partial charge < -0.3 is 15.3 Å². The number of pyridine rings is 3. The molecule has 15 heteroatoms. The summed E-state index contributed by atoms with van der Waals surface area (Å²) in [5, 5.41) is 61.5. The number of thioether (sulfide) groups is 3. The van der Waals surface area contributed by atoms with E-state index < -0.39 is 23.5 Å². The summed E-state index contributed by atoms with van der Waals surface area (Å²) in [7, 11) is 0. The van der Waals surface area contributed by atoms with E-state index in [0.29, 0.717) is 35.3 Å². The number of carbonyl (C=O) groups is 3. The number of nitrogens with zero attached hydrogens (tertiary/aromatic N) is 6. The summed E-state index contributed by atoms with van der Waals surface area (Å²) in [4.78, 5) is 47.6. The second-order valence-corrected chi connectivity index (χ2v) is 8.71. The molecule has 3 heterocycles. The number of rotatable bonds is 8. The van der Waals surface area contributed by atoms with Gasteiger partial charge in [0.2, 0.25) is 0 Å². The highest BCUT2D eigenvalue weighted by Gasteiger charge is 2.28. The van der Waals surface area contributed by atoms with Gasteiger partial charge in [-0.1, -0.05) is 0 Å². The zero-order valence-corrected chi connectivity index (χ0v) is 19.8. The number of hydrogen-bond acceptors (Lipinski definition) is 12. The van der Waals surface area contributed by atoms with Gasteiger partial charge in [-0.3, -0.25) is 4.98 Å². The fourth-order valence-electron chi connectivity index (χ4n) is 2.91. The molecule has 0 aliphatic carbocycles. The smallest absolute Gasteiger partial charge is 0.338 e. The minimum atomic E-state index is -1.51. The number of hydrogen-bond donors (Lipinski definition) is 3. The average Bonchev–Trinajstić information content (AvgIpc) is 2.85. The van der Waals surface area contributed by atoms with Crippen molar-refractivity contribution in [3.05, 3.63) is 47.2 Å². The molecule has 0 unspecified atom stereocenters. The molecular weight excluding hydrogens is 528 g/mol. The molecule has 176 valence electrons. The maximum absolute atomic E-state index is 12.2. The third kappa shape index (κ3) is 5.37. The molecule has 3 rings (SSSR count). The largest absolute Gasteiger partial charge is 0.478 e. The fourth-order valence-corrected chi connectivity index (χ4v) is 4.79. The zero-order valence-electron chi connectivity index (χ0n) is 17.4. The second kappa shape index (κ2) is 11.2. The highest BCUT2D eigenvalue weighted by Crippen LogP contribution is 2.42. The first-order valence-corrected chi connectivity index (χ1v) is 11.6. The summed E-state index contributed by atoms with van der Waals surface area (Å²) >= 11 is 1.32. The summed E-state index contributed by atoms with van der Waals surface area (Å²) < 4.78 is 0. The van der Waals surface area contributed by atoms with Gasteiger partial charge in [0.25, 0.3) is 0 Å². The summed E-state index contributed by atoms with van der Waals surface area (Å²) in [5.41, 5.74) is -1.39. The molecule has 3 N–H and O–H groups in total. The Labute approximate surface area is 214 Å². The van der Waals surface area contributed by atoms with Crippen LogP contribution in [0.4, 0.5) is 0 Å². The number of aromatic carboxylic acids is 3. The predicted molar refractivity (Wildman–Crippen MR) is 126 cm³/mol. The SMILES string of the molecule is N#CSc1nc(-c2cc(C(=O)O)cc(-c3cc(C(=O)O)ccn3)n2)c(SC#N)c(C(=O)O)c1SC#N. The van der Waals surface area contributed by atoms with E-state index in [-0.39, 0.29) is 48.7 Å². The molecule has 0 fully saturated rings. The highest BCUT2D eigenvalue weighted by atomic mass is 32.2. The first-order chi connectivity index (χ1) is 17.2. The van der Waals surface area contributed by atoms with E-state index in [4.69, 9.17) is 5.26 Å². The van der Waals surface area contributed by atoms with Crippen molar-refractivity contribution in [1.29, 1.82) is 15.8 Å². The summed E-state index contributed by atoms with van der Waals surface area (Å²) in [6.07, 6.45) is 1.20. The van der Waals surface area contributed by atoms with Crippen molar-refractivity contribution in [2.75, 3.05) is 0 Å². The Hall–Kier alpha value is -4.62. The van der Waals surface area contributed by atoms with Gasteiger partial charge >= 0.3 is 17.9 Å². The third-order valence-corrected chi connectivity index (χ3v) is 6.41. The molecule has 0 bridgehead atoms. The number of carboxylic acids is 3. The monoisotopic (exact) mass is 536 g/mol. The maximum Gasteiger partial charge on any atom is 0.338 e. The minimum Gasteiger partial charge on any atom is -0.478 e. The fraction of sp³-hybridized carbons (Fsp3) is 0. The molecule has 3 aromatic rings. The molecule has 0 radical (unpaired) electrons. The van der Waals surface area contributed by atoms with Gasteiger partial charge in [-0.25, -0.2) is 24.4 Å². The number of thiocyanates is 3. The first-order valence-electron chi connectivity index (χ1n) is 9.16. The number of carboxylic acid groups (broad SMARTS) is 3. The quantitative estimate of drug-likeness (QED) is 0.273. The van der Waals surface area contributed by atoms with Crippen LogP contribution in [0.5, 0.6) is 0 Å². The van der Waals surface area contributed by atoms with Crippen LogP contribution in [0.25, 0.3) is 22.8 Å². The lowest BCUT2D eigenvalue weighted by atomic mass is 10.1. The summed E-state index contributed by atoms with van der Waals surface area (Å²) in [6.45, 7) is 0. The Kier molecular flexibility index (Phi) is 8.09. The van der Waals surface area contributed by atoms with Crippen molar-refractivity contribution in [3.63, 3.8) is 0 Å². The lowest BCUT2D eigenvalue weighted by Gasteiger charge is -2.15. The molecule has 0 spiro atoms. The zero-order chi connectivity index (χ0) is 26.4.